The Morgan fingerprint density at radius 2 is 2.52 bits per heavy atom. The summed E-state index contributed by atoms with van der Waals surface area (Å²) < 4.78 is 7.59. The van der Waals surface area contributed by atoms with Crippen molar-refractivity contribution in [3.8, 4) is 0 Å². The van der Waals surface area contributed by atoms with Crippen LogP contribution in [0.5, 0.6) is 0 Å². The maximum atomic E-state index is 12.2. The van der Waals surface area contributed by atoms with E-state index < -0.39 is 0 Å². The average Bonchev–Trinajstić information content (AvgIpc) is 3.17. The minimum atomic E-state index is -0.176. The van der Waals surface area contributed by atoms with Gasteiger partial charge in [0.2, 0.25) is 0 Å². The number of aromatic amines is 1. The molecule has 0 spiro atoms. The van der Waals surface area contributed by atoms with Gasteiger partial charge in [-0.05, 0) is 19.4 Å². The first-order valence-corrected chi connectivity index (χ1v) is 7.34. The van der Waals surface area contributed by atoms with Gasteiger partial charge >= 0.3 is 0 Å². The second kappa shape index (κ2) is 5.91. The molecule has 0 aromatic carbocycles. The van der Waals surface area contributed by atoms with Crippen LogP contribution in [0.4, 0.5) is 0 Å². The highest BCUT2D eigenvalue weighted by molar-refractivity contribution is 6.30. The van der Waals surface area contributed by atoms with Crippen LogP contribution in [0.3, 0.4) is 0 Å². The van der Waals surface area contributed by atoms with Crippen molar-refractivity contribution < 1.29 is 9.53 Å². The highest BCUT2D eigenvalue weighted by atomic mass is 35.5. The Kier molecular flexibility index (Phi) is 3.98. The molecular weight excluding hydrogens is 292 g/mol. The van der Waals surface area contributed by atoms with Gasteiger partial charge in [-0.2, -0.15) is 5.10 Å². The van der Waals surface area contributed by atoms with Crippen LogP contribution in [0.2, 0.25) is 5.02 Å². The molecule has 1 fully saturated rings. The zero-order valence-corrected chi connectivity index (χ0v) is 12.4. The maximum Gasteiger partial charge on any atom is 0.268 e. The first-order chi connectivity index (χ1) is 10.2. The summed E-state index contributed by atoms with van der Waals surface area (Å²) in [6.07, 6.45) is 5.97. The standard InChI is InChI=1S/C14H17ClN4O2/c1-2-19-8-9(6-17-19)13-11(3-4-21-13)18-14(20)12-5-10(15)7-16-12/h5-8,11,13,16H,2-4H2,1H3,(H,18,20)/t11-,13+/m0/s1. The van der Waals surface area contributed by atoms with Crippen LogP contribution in [0.1, 0.15) is 35.5 Å². The summed E-state index contributed by atoms with van der Waals surface area (Å²) in [5.41, 5.74) is 1.44. The summed E-state index contributed by atoms with van der Waals surface area (Å²) in [6.45, 7) is 3.46. The number of H-pyrrole nitrogens is 1. The van der Waals surface area contributed by atoms with Gasteiger partial charge in [-0.3, -0.25) is 9.48 Å². The summed E-state index contributed by atoms with van der Waals surface area (Å²) in [5.74, 6) is -0.176. The van der Waals surface area contributed by atoms with Crippen molar-refractivity contribution in [2.24, 2.45) is 0 Å². The van der Waals surface area contributed by atoms with E-state index in [-0.39, 0.29) is 18.1 Å². The largest absolute Gasteiger partial charge is 0.371 e. The number of ether oxygens (including phenoxy) is 1. The van der Waals surface area contributed by atoms with Crippen LogP contribution in [0.15, 0.2) is 24.7 Å². The van der Waals surface area contributed by atoms with Gasteiger partial charge in [0, 0.05) is 31.1 Å². The maximum absolute atomic E-state index is 12.2. The molecule has 7 heteroatoms. The van der Waals surface area contributed by atoms with E-state index in [1.54, 1.807) is 18.5 Å². The Morgan fingerprint density at radius 3 is 3.19 bits per heavy atom. The first-order valence-electron chi connectivity index (χ1n) is 6.96. The van der Waals surface area contributed by atoms with Crippen molar-refractivity contribution >= 4 is 17.5 Å². The lowest BCUT2D eigenvalue weighted by atomic mass is 10.1. The minimum absolute atomic E-state index is 0.0610. The van der Waals surface area contributed by atoms with Crippen LogP contribution < -0.4 is 5.32 Å². The second-order valence-corrected chi connectivity index (χ2v) is 5.46. The van der Waals surface area contributed by atoms with Gasteiger partial charge in [0.1, 0.15) is 11.8 Å². The Morgan fingerprint density at radius 1 is 1.67 bits per heavy atom. The van der Waals surface area contributed by atoms with Gasteiger partial charge in [-0.1, -0.05) is 11.6 Å². The van der Waals surface area contributed by atoms with Crippen molar-refractivity contribution in [2.45, 2.75) is 32.0 Å². The van der Waals surface area contributed by atoms with E-state index in [4.69, 9.17) is 16.3 Å². The SMILES string of the molecule is CCn1cc([C@H]2OCC[C@@H]2NC(=O)c2cc(Cl)c[nH]2)cn1. The van der Waals surface area contributed by atoms with E-state index in [0.29, 0.717) is 17.3 Å². The molecule has 2 N–H and O–H groups in total. The molecule has 3 heterocycles. The van der Waals surface area contributed by atoms with Crippen LogP contribution in [0, 0.1) is 0 Å². The summed E-state index contributed by atoms with van der Waals surface area (Å²) in [6, 6.07) is 1.55. The normalized spacial score (nSPS) is 21.6. The van der Waals surface area contributed by atoms with Gasteiger partial charge in [0.05, 0.1) is 17.3 Å². The lowest BCUT2D eigenvalue weighted by Crippen LogP contribution is -2.36. The Hall–Kier alpha value is -1.79. The van der Waals surface area contributed by atoms with Crippen LogP contribution >= 0.6 is 11.6 Å². The van der Waals surface area contributed by atoms with Crippen LogP contribution in [0.25, 0.3) is 0 Å². The van der Waals surface area contributed by atoms with Gasteiger partial charge in [0.25, 0.3) is 5.91 Å². The molecule has 2 atom stereocenters. The molecule has 2 aromatic heterocycles. The molecule has 0 aliphatic carbocycles. The third kappa shape index (κ3) is 2.96. The fourth-order valence-corrected chi connectivity index (χ4v) is 2.67. The Balaban J connectivity index is 1.70. The smallest absolute Gasteiger partial charge is 0.268 e. The molecule has 0 bridgehead atoms. The zero-order valence-electron chi connectivity index (χ0n) is 11.7. The topological polar surface area (TPSA) is 71.9 Å². The number of aromatic nitrogens is 3. The van der Waals surface area contributed by atoms with Crippen molar-refractivity contribution in [1.29, 1.82) is 0 Å². The van der Waals surface area contributed by atoms with Crippen molar-refractivity contribution in [2.75, 3.05) is 6.61 Å². The highest BCUT2D eigenvalue weighted by Gasteiger charge is 2.32. The van der Waals surface area contributed by atoms with Gasteiger partial charge < -0.3 is 15.0 Å². The molecule has 2 aromatic rings. The molecule has 0 saturated carbocycles. The number of nitrogens with zero attached hydrogens (tertiary/aromatic N) is 2. The average molecular weight is 309 g/mol. The molecular formula is C14H17ClN4O2. The van der Waals surface area contributed by atoms with E-state index in [0.717, 1.165) is 18.5 Å². The molecule has 0 radical (unpaired) electrons. The fraction of sp³-hybridized carbons (Fsp3) is 0.429. The predicted molar refractivity (Wildman–Crippen MR) is 78.3 cm³/mol. The minimum Gasteiger partial charge on any atom is -0.371 e. The molecule has 1 aliphatic rings. The third-order valence-corrected chi connectivity index (χ3v) is 3.82. The molecule has 21 heavy (non-hydrogen) atoms. The lowest BCUT2D eigenvalue weighted by molar-refractivity contribution is 0.0818. The predicted octanol–water partition coefficient (Wildman–Crippen LogP) is 2.14. The molecule has 1 amide bonds. The molecule has 1 aliphatic heterocycles. The number of carbonyl (C=O) groups excluding carboxylic acids is 1. The third-order valence-electron chi connectivity index (χ3n) is 3.61. The zero-order chi connectivity index (χ0) is 14.8. The van der Waals surface area contributed by atoms with Crippen molar-refractivity contribution in [3.05, 3.63) is 40.9 Å². The molecule has 0 unspecified atom stereocenters. The van der Waals surface area contributed by atoms with E-state index in [1.165, 1.54) is 0 Å². The lowest BCUT2D eigenvalue weighted by Gasteiger charge is -2.18. The number of aryl methyl sites for hydroxylation is 1. The molecule has 3 rings (SSSR count). The number of amides is 1. The van der Waals surface area contributed by atoms with E-state index >= 15 is 0 Å². The second-order valence-electron chi connectivity index (χ2n) is 5.02. The summed E-state index contributed by atoms with van der Waals surface area (Å²) in [5, 5.41) is 7.77. The van der Waals surface area contributed by atoms with Crippen LogP contribution in [-0.4, -0.2) is 33.3 Å². The number of hydrogen-bond acceptors (Lipinski definition) is 3. The molecule has 1 saturated heterocycles. The van der Waals surface area contributed by atoms with Crippen molar-refractivity contribution in [3.63, 3.8) is 0 Å². The monoisotopic (exact) mass is 308 g/mol. The number of nitrogens with one attached hydrogen (secondary N) is 2. The number of hydrogen-bond donors (Lipinski definition) is 2. The quantitative estimate of drug-likeness (QED) is 0.909. The highest BCUT2D eigenvalue weighted by Crippen LogP contribution is 2.29. The van der Waals surface area contributed by atoms with Crippen LogP contribution in [-0.2, 0) is 11.3 Å². The number of rotatable bonds is 4. The van der Waals surface area contributed by atoms with Gasteiger partial charge in [-0.15, -0.1) is 0 Å². The first kappa shape index (κ1) is 14.2. The van der Waals surface area contributed by atoms with E-state index in [1.807, 2.05) is 17.8 Å². The van der Waals surface area contributed by atoms with Gasteiger partial charge in [0.15, 0.2) is 0 Å². The summed E-state index contributed by atoms with van der Waals surface area (Å²) >= 11 is 5.82. The summed E-state index contributed by atoms with van der Waals surface area (Å²) in [4.78, 5) is 15.0. The van der Waals surface area contributed by atoms with E-state index in [9.17, 15) is 4.79 Å². The van der Waals surface area contributed by atoms with E-state index in [2.05, 4.69) is 15.4 Å². The Labute approximate surface area is 127 Å². The molecule has 112 valence electrons. The van der Waals surface area contributed by atoms with Crippen molar-refractivity contribution in [1.82, 2.24) is 20.1 Å². The number of carbonyl (C=O) groups is 1. The summed E-state index contributed by atoms with van der Waals surface area (Å²) in [7, 11) is 0. The molecule has 6 nitrogen and oxygen atoms in total. The number of halogens is 1. The Bertz CT molecular complexity index is 636. The fourth-order valence-electron chi connectivity index (χ4n) is 2.51. The van der Waals surface area contributed by atoms with Gasteiger partial charge in [-0.25, -0.2) is 0 Å².